The molecule has 11 N–H and O–H groups in total. The number of hydrogen-bond donors (Lipinski definition) is 9. The molecule has 242 valence electrons. The van der Waals surface area contributed by atoms with Gasteiger partial charge in [-0.15, -0.1) is 0 Å². The van der Waals surface area contributed by atoms with Crippen LogP contribution in [0.5, 0.6) is 0 Å². The van der Waals surface area contributed by atoms with E-state index in [4.69, 9.17) is 30.0 Å². The van der Waals surface area contributed by atoms with Gasteiger partial charge in [-0.25, -0.2) is 39.2 Å². The molecule has 0 bridgehead atoms. The molecule has 7 heterocycles. The van der Waals surface area contributed by atoms with Gasteiger partial charge >= 0.3 is 15.5 Å². The summed E-state index contributed by atoms with van der Waals surface area (Å²) in [7, 11) is -9.55. The second-order valence-corrected chi connectivity index (χ2v) is 13.5. The Morgan fingerprint density at radius 1 is 0.822 bits per heavy atom. The lowest BCUT2D eigenvalue weighted by Gasteiger charge is -2.29. The first-order chi connectivity index (χ1) is 21.3. The third kappa shape index (κ3) is 5.31. The molecular weight excluding hydrogens is 646 g/mol. The highest BCUT2D eigenvalue weighted by atomic mass is 31.2. The molecule has 0 radical (unpaired) electrons. The number of aromatic nitrogens is 8. The summed E-state index contributed by atoms with van der Waals surface area (Å²) < 4.78 is 51.2. The Balaban J connectivity index is 1.17. The molecular formula is C20H26N12O11P2. The molecule has 45 heavy (non-hydrogen) atoms. The first-order valence-corrected chi connectivity index (χ1v) is 16.3. The van der Waals surface area contributed by atoms with Crippen molar-refractivity contribution < 1.29 is 47.7 Å². The highest BCUT2D eigenvalue weighted by molar-refractivity contribution is 7.50. The maximum Gasteiger partial charge on any atom is 0.403 e. The van der Waals surface area contributed by atoms with E-state index in [1.807, 2.05) is 0 Å². The van der Waals surface area contributed by atoms with E-state index in [0.717, 1.165) is 6.33 Å². The number of aromatic amines is 1. The van der Waals surface area contributed by atoms with Gasteiger partial charge in [0.2, 0.25) is 5.95 Å². The van der Waals surface area contributed by atoms with Crippen LogP contribution in [0.2, 0.25) is 0 Å². The Hall–Kier alpha value is -3.44. The fourth-order valence-electron chi connectivity index (χ4n) is 5.53. The fourth-order valence-corrected chi connectivity index (χ4v) is 7.77. The Kier molecular flexibility index (Phi) is 7.27. The summed E-state index contributed by atoms with van der Waals surface area (Å²) in [6.45, 7) is -1.40. The average Bonchev–Trinajstić information content (AvgIpc) is 3.72. The van der Waals surface area contributed by atoms with Crippen LogP contribution in [-0.4, -0.2) is 109 Å². The molecule has 4 unspecified atom stereocenters. The van der Waals surface area contributed by atoms with Crippen LogP contribution in [0, 0.1) is 0 Å². The minimum atomic E-state index is -4.78. The van der Waals surface area contributed by atoms with Gasteiger partial charge in [0.05, 0.1) is 38.0 Å². The Morgan fingerprint density at radius 3 is 1.93 bits per heavy atom. The normalized spacial score (nSPS) is 37.7. The molecule has 25 heteroatoms. The average molecular weight is 672 g/mol. The highest BCUT2D eigenvalue weighted by Gasteiger charge is 2.52. The van der Waals surface area contributed by atoms with Gasteiger partial charge in [0.15, 0.2) is 35.1 Å². The topological polar surface area (TPSA) is 335 Å². The molecule has 23 nitrogen and oxygen atoms in total. The van der Waals surface area contributed by atoms with Crippen LogP contribution in [-0.2, 0) is 27.7 Å². The lowest BCUT2D eigenvalue weighted by atomic mass is 10.1. The molecule has 3 saturated heterocycles. The molecule has 0 aliphatic carbocycles. The van der Waals surface area contributed by atoms with Gasteiger partial charge in [-0.3, -0.25) is 28.0 Å². The molecule has 4 aromatic heterocycles. The van der Waals surface area contributed by atoms with E-state index in [2.05, 4.69) is 40.1 Å². The molecule has 0 amide bonds. The lowest BCUT2D eigenvalue weighted by Crippen LogP contribution is -2.48. The number of aliphatic hydroxyl groups is 2. The molecule has 0 aromatic carbocycles. The highest BCUT2D eigenvalue weighted by Crippen LogP contribution is 2.47. The molecule has 3 fully saturated rings. The number of hydrogen-bond acceptors (Lipinski definition) is 16. The van der Waals surface area contributed by atoms with Gasteiger partial charge < -0.3 is 40.9 Å². The SMILES string of the molecule is Nc1nc2c(ncn2[C@@H]2O[C@@H]3COP(=O)(O)N[C@@H]4C(O)[C@H](n5cnc6c(N)ncnc65)O[C@@H]4COP(=O)(O)N[C@@H]3C2O)c(=O)[nH]1. The number of H-pyrrole nitrogens is 1. The zero-order chi connectivity index (χ0) is 31.8. The number of nitrogens with one attached hydrogen (secondary N) is 3. The Bertz CT molecular complexity index is 1940. The fraction of sp³-hybridized carbons (Fsp3) is 0.500. The van der Waals surface area contributed by atoms with E-state index in [-0.39, 0.29) is 34.1 Å². The number of anilines is 2. The van der Waals surface area contributed by atoms with Gasteiger partial charge in [0.25, 0.3) is 5.56 Å². The third-order valence-electron chi connectivity index (χ3n) is 7.59. The molecule has 0 spiro atoms. The van der Waals surface area contributed by atoms with Crippen molar-refractivity contribution in [3.05, 3.63) is 29.3 Å². The van der Waals surface area contributed by atoms with E-state index in [1.165, 1.54) is 21.8 Å². The van der Waals surface area contributed by atoms with Crippen LogP contribution in [0.15, 0.2) is 23.8 Å². The molecule has 7 rings (SSSR count). The molecule has 0 saturated carbocycles. The molecule has 10 atom stereocenters. The van der Waals surface area contributed by atoms with Gasteiger partial charge in [-0.2, -0.15) is 4.98 Å². The largest absolute Gasteiger partial charge is 0.403 e. The quantitative estimate of drug-likeness (QED) is 0.0947. The van der Waals surface area contributed by atoms with Crippen molar-refractivity contribution in [1.29, 1.82) is 0 Å². The van der Waals surface area contributed by atoms with Crippen LogP contribution < -0.4 is 27.2 Å². The van der Waals surface area contributed by atoms with E-state index >= 15 is 0 Å². The third-order valence-corrected chi connectivity index (χ3v) is 9.83. The van der Waals surface area contributed by atoms with Crippen molar-refractivity contribution in [2.45, 2.75) is 49.0 Å². The van der Waals surface area contributed by atoms with Gasteiger partial charge in [0, 0.05) is 0 Å². The number of fused-ring (bicyclic) bond motifs is 4. The number of rotatable bonds is 2. The van der Waals surface area contributed by atoms with Gasteiger partial charge in [0.1, 0.15) is 36.3 Å². The summed E-state index contributed by atoms with van der Waals surface area (Å²) in [5, 5.41) is 27.0. The maximum atomic E-state index is 13.2. The first kappa shape index (κ1) is 30.2. The zero-order valence-corrected chi connectivity index (χ0v) is 24.4. The van der Waals surface area contributed by atoms with Crippen molar-refractivity contribution in [2.75, 3.05) is 24.7 Å². The number of nitrogens with zero attached hydrogens (tertiary/aromatic N) is 7. The van der Waals surface area contributed by atoms with Crippen LogP contribution >= 0.6 is 15.5 Å². The van der Waals surface area contributed by atoms with E-state index in [1.54, 1.807) is 0 Å². The van der Waals surface area contributed by atoms with Crippen molar-refractivity contribution in [3.8, 4) is 0 Å². The summed E-state index contributed by atoms with van der Waals surface area (Å²) in [6.07, 6.45) is -4.91. The second kappa shape index (κ2) is 10.8. The van der Waals surface area contributed by atoms with Crippen LogP contribution in [0.25, 0.3) is 22.3 Å². The summed E-state index contributed by atoms with van der Waals surface area (Å²) in [5.41, 5.74) is 11.0. The Labute approximate surface area is 249 Å². The predicted octanol–water partition coefficient (Wildman–Crippen LogP) is -3.20. The van der Waals surface area contributed by atoms with Crippen LogP contribution in [0.4, 0.5) is 11.8 Å². The smallest absolute Gasteiger partial charge is 0.387 e. The molecule has 4 aromatic rings. The monoisotopic (exact) mass is 672 g/mol. The first-order valence-electron chi connectivity index (χ1n) is 13.1. The minimum absolute atomic E-state index is 0.0622. The second-order valence-electron chi connectivity index (χ2n) is 10.4. The molecule has 3 aliphatic heterocycles. The Morgan fingerprint density at radius 2 is 1.36 bits per heavy atom. The zero-order valence-electron chi connectivity index (χ0n) is 22.6. The summed E-state index contributed by atoms with van der Waals surface area (Å²) in [4.78, 5) is 56.0. The summed E-state index contributed by atoms with van der Waals surface area (Å²) in [6, 6.07) is -2.81. The summed E-state index contributed by atoms with van der Waals surface area (Å²) in [5.74, 6) is -0.182. The van der Waals surface area contributed by atoms with Crippen molar-refractivity contribution in [1.82, 2.24) is 49.2 Å². The van der Waals surface area contributed by atoms with E-state index < -0.39 is 83.2 Å². The van der Waals surface area contributed by atoms with Crippen molar-refractivity contribution in [2.24, 2.45) is 0 Å². The molecule has 3 aliphatic rings. The van der Waals surface area contributed by atoms with Crippen molar-refractivity contribution in [3.63, 3.8) is 0 Å². The number of imidazole rings is 2. The standard InChI is InChI=1S/C20H26N12O11P2/c21-14-10-15(24-3-23-14)31(4-25-10)18-12(33)8-6(42-18)1-40-45(38,39)30-9-7(2-41-44(36,37)29-8)43-19(13(9)34)32-5-26-11-16(32)27-20(22)28-17(11)35/h3-9,12-13,18-19,33-34H,1-2H2,(H2,21,23,24)(H2,29,36,37)(H2,30,38,39)(H3,22,27,28,35)/t6-,7-,8+,9+,12?,13?,18-,19-/m1/s1. The van der Waals surface area contributed by atoms with Gasteiger partial charge in [-0.05, 0) is 0 Å². The van der Waals surface area contributed by atoms with Crippen molar-refractivity contribution >= 4 is 49.6 Å². The van der Waals surface area contributed by atoms with E-state index in [9.17, 15) is 33.9 Å². The number of aliphatic hydroxyl groups excluding tert-OH is 2. The van der Waals surface area contributed by atoms with Crippen LogP contribution in [0.1, 0.15) is 12.5 Å². The maximum absolute atomic E-state index is 13.2. The summed E-state index contributed by atoms with van der Waals surface area (Å²) >= 11 is 0. The van der Waals surface area contributed by atoms with E-state index in [0.29, 0.717) is 0 Å². The number of ether oxygens (including phenoxy) is 2. The number of nitrogen functional groups attached to an aromatic ring is 2. The van der Waals surface area contributed by atoms with Crippen LogP contribution in [0.3, 0.4) is 0 Å². The lowest BCUT2D eigenvalue weighted by molar-refractivity contribution is -0.0483. The number of nitrogens with two attached hydrogens (primary N) is 2. The predicted molar refractivity (Wildman–Crippen MR) is 148 cm³/mol. The van der Waals surface area contributed by atoms with Gasteiger partial charge in [-0.1, -0.05) is 0 Å². The minimum Gasteiger partial charge on any atom is -0.387 e.